The van der Waals surface area contributed by atoms with E-state index in [2.05, 4.69) is 25.1 Å². The first-order valence-corrected chi connectivity index (χ1v) is 7.61. The zero-order chi connectivity index (χ0) is 12.7. The summed E-state index contributed by atoms with van der Waals surface area (Å²) < 4.78 is 0.942. The van der Waals surface area contributed by atoms with Crippen molar-refractivity contribution in [2.45, 2.75) is 28.1 Å². The Morgan fingerprint density at radius 3 is 2.89 bits per heavy atom. The molecule has 1 saturated carbocycles. The number of pyridine rings is 1. The molecule has 1 fully saturated rings. The van der Waals surface area contributed by atoms with Crippen LogP contribution in [0.15, 0.2) is 33.9 Å². The second-order valence-electron chi connectivity index (χ2n) is 4.33. The molecule has 0 N–H and O–H groups in total. The highest BCUT2D eigenvalue weighted by atomic mass is 32.2. The van der Waals surface area contributed by atoms with Gasteiger partial charge in [0.05, 0.1) is 0 Å². The number of hydrogen-bond donors (Lipinski definition) is 0. The number of hydrogen-bond acceptors (Lipinski definition) is 7. The third-order valence-electron chi connectivity index (χ3n) is 2.85. The lowest BCUT2D eigenvalue weighted by molar-refractivity contribution is 0.936. The number of rotatable bonds is 3. The SMILES string of the molecule is c1cnc2nc(Sc3nnc(C4CC4)s3)ccc2n1. The molecule has 0 amide bonds. The molecule has 0 spiro atoms. The van der Waals surface area contributed by atoms with Gasteiger partial charge in [0.15, 0.2) is 9.99 Å². The van der Waals surface area contributed by atoms with Gasteiger partial charge in [0.2, 0.25) is 0 Å². The maximum atomic E-state index is 4.47. The fraction of sp³-hybridized carbons (Fsp3) is 0.250. The average molecular weight is 287 g/mol. The Balaban J connectivity index is 1.62. The van der Waals surface area contributed by atoms with Crippen LogP contribution in [0.3, 0.4) is 0 Å². The minimum absolute atomic E-state index is 0.655. The maximum Gasteiger partial charge on any atom is 0.180 e. The van der Waals surface area contributed by atoms with Crippen LogP contribution in [0.5, 0.6) is 0 Å². The van der Waals surface area contributed by atoms with E-state index in [-0.39, 0.29) is 0 Å². The summed E-state index contributed by atoms with van der Waals surface area (Å²) in [5, 5.41) is 10.5. The zero-order valence-electron chi connectivity index (χ0n) is 9.85. The minimum atomic E-state index is 0.655. The Bertz CT molecular complexity index is 738. The monoisotopic (exact) mass is 287 g/mol. The van der Waals surface area contributed by atoms with Crippen molar-refractivity contribution in [2.75, 3.05) is 0 Å². The van der Waals surface area contributed by atoms with E-state index in [1.807, 2.05) is 12.1 Å². The van der Waals surface area contributed by atoms with Crippen LogP contribution in [0, 0.1) is 0 Å². The first kappa shape index (κ1) is 11.2. The molecule has 1 aliphatic rings. The standard InChI is InChI=1S/C12H9N5S2/c1-2-7(1)11-16-17-12(19-11)18-9-4-3-8-10(15-9)14-6-5-13-8/h3-7H,1-2H2. The molecule has 0 aliphatic heterocycles. The Kier molecular flexibility index (Phi) is 2.66. The van der Waals surface area contributed by atoms with Gasteiger partial charge in [-0.05, 0) is 36.7 Å². The highest BCUT2D eigenvalue weighted by Crippen LogP contribution is 2.43. The summed E-state index contributed by atoms with van der Waals surface area (Å²) in [5.41, 5.74) is 1.47. The van der Waals surface area contributed by atoms with Crippen molar-refractivity contribution >= 4 is 34.3 Å². The molecule has 19 heavy (non-hydrogen) atoms. The molecule has 1 aliphatic carbocycles. The van der Waals surface area contributed by atoms with Gasteiger partial charge in [-0.25, -0.2) is 9.97 Å². The zero-order valence-corrected chi connectivity index (χ0v) is 11.5. The van der Waals surface area contributed by atoms with Gasteiger partial charge in [0.25, 0.3) is 0 Å². The molecule has 3 aromatic rings. The summed E-state index contributed by atoms with van der Waals surface area (Å²) in [7, 11) is 0. The first-order chi connectivity index (χ1) is 9.38. The molecule has 5 nitrogen and oxygen atoms in total. The molecular formula is C12H9N5S2. The predicted octanol–water partition coefficient (Wildman–Crippen LogP) is 2.90. The molecule has 0 aromatic carbocycles. The highest BCUT2D eigenvalue weighted by Gasteiger charge is 2.27. The maximum absolute atomic E-state index is 4.47. The lowest BCUT2D eigenvalue weighted by atomic mass is 10.4. The Morgan fingerprint density at radius 1 is 1.11 bits per heavy atom. The van der Waals surface area contributed by atoms with Gasteiger partial charge in [-0.3, -0.25) is 4.98 Å². The minimum Gasteiger partial charge on any atom is -0.251 e. The van der Waals surface area contributed by atoms with Gasteiger partial charge in [-0.1, -0.05) is 11.3 Å². The fourth-order valence-electron chi connectivity index (χ4n) is 1.74. The van der Waals surface area contributed by atoms with Crippen LogP contribution in [0.1, 0.15) is 23.8 Å². The Morgan fingerprint density at radius 2 is 2.00 bits per heavy atom. The number of nitrogens with zero attached hydrogens (tertiary/aromatic N) is 5. The van der Waals surface area contributed by atoms with E-state index in [0.29, 0.717) is 11.6 Å². The molecule has 0 atom stereocenters. The van der Waals surface area contributed by atoms with Crippen molar-refractivity contribution in [3.05, 3.63) is 29.5 Å². The molecule has 0 bridgehead atoms. The van der Waals surface area contributed by atoms with Crippen molar-refractivity contribution in [3.8, 4) is 0 Å². The molecule has 3 heterocycles. The van der Waals surface area contributed by atoms with Gasteiger partial charge >= 0.3 is 0 Å². The van der Waals surface area contributed by atoms with Crippen LogP contribution in [-0.4, -0.2) is 25.1 Å². The third kappa shape index (κ3) is 2.31. The van der Waals surface area contributed by atoms with Crippen molar-refractivity contribution < 1.29 is 0 Å². The van der Waals surface area contributed by atoms with E-state index < -0.39 is 0 Å². The summed E-state index contributed by atoms with van der Waals surface area (Å²) in [4.78, 5) is 12.9. The van der Waals surface area contributed by atoms with Crippen LogP contribution in [0.4, 0.5) is 0 Å². The van der Waals surface area contributed by atoms with Crippen molar-refractivity contribution in [1.82, 2.24) is 25.1 Å². The lowest BCUT2D eigenvalue weighted by Gasteiger charge is -1.98. The largest absolute Gasteiger partial charge is 0.251 e. The average Bonchev–Trinajstić information content (AvgIpc) is 3.20. The topological polar surface area (TPSA) is 64.5 Å². The molecule has 0 saturated heterocycles. The van der Waals surface area contributed by atoms with Crippen LogP contribution in [0.2, 0.25) is 0 Å². The summed E-state index contributed by atoms with van der Waals surface area (Å²) in [6.45, 7) is 0. The van der Waals surface area contributed by atoms with Gasteiger partial charge in [0, 0.05) is 18.3 Å². The number of aromatic nitrogens is 5. The molecule has 3 aromatic heterocycles. The van der Waals surface area contributed by atoms with Crippen molar-refractivity contribution in [2.24, 2.45) is 0 Å². The van der Waals surface area contributed by atoms with E-state index in [0.717, 1.165) is 19.9 Å². The molecular weight excluding hydrogens is 278 g/mol. The van der Waals surface area contributed by atoms with Crippen molar-refractivity contribution in [1.29, 1.82) is 0 Å². The molecule has 0 radical (unpaired) electrons. The Hall–Kier alpha value is -1.60. The predicted molar refractivity (Wildman–Crippen MR) is 73.3 cm³/mol. The van der Waals surface area contributed by atoms with Gasteiger partial charge in [0.1, 0.15) is 15.6 Å². The second-order valence-corrected chi connectivity index (χ2v) is 6.61. The van der Waals surface area contributed by atoms with Gasteiger partial charge < -0.3 is 0 Å². The van der Waals surface area contributed by atoms with E-state index in [4.69, 9.17) is 0 Å². The smallest absolute Gasteiger partial charge is 0.180 e. The summed E-state index contributed by atoms with van der Waals surface area (Å²) in [6, 6.07) is 3.88. The number of fused-ring (bicyclic) bond motifs is 1. The van der Waals surface area contributed by atoms with E-state index in [1.165, 1.54) is 24.6 Å². The normalized spacial score (nSPS) is 14.9. The van der Waals surface area contributed by atoms with E-state index in [1.54, 1.807) is 23.7 Å². The molecule has 0 unspecified atom stereocenters. The van der Waals surface area contributed by atoms with Crippen LogP contribution < -0.4 is 0 Å². The van der Waals surface area contributed by atoms with Crippen LogP contribution in [0.25, 0.3) is 11.2 Å². The summed E-state index contributed by atoms with van der Waals surface area (Å²) >= 11 is 3.20. The quantitative estimate of drug-likeness (QED) is 0.738. The van der Waals surface area contributed by atoms with E-state index >= 15 is 0 Å². The fourth-order valence-corrected chi connectivity index (χ4v) is 3.69. The second kappa shape index (κ2) is 4.50. The van der Waals surface area contributed by atoms with E-state index in [9.17, 15) is 0 Å². The van der Waals surface area contributed by atoms with Crippen LogP contribution >= 0.6 is 23.1 Å². The van der Waals surface area contributed by atoms with Crippen molar-refractivity contribution in [3.63, 3.8) is 0 Å². The van der Waals surface area contributed by atoms with Gasteiger partial charge in [-0.2, -0.15) is 0 Å². The molecule has 7 heteroatoms. The third-order valence-corrected chi connectivity index (χ3v) is 4.92. The summed E-state index contributed by atoms with van der Waals surface area (Å²) in [6.07, 6.45) is 5.83. The van der Waals surface area contributed by atoms with Crippen LogP contribution in [-0.2, 0) is 0 Å². The lowest BCUT2D eigenvalue weighted by Crippen LogP contribution is -1.87. The highest BCUT2D eigenvalue weighted by molar-refractivity contribution is 8.01. The molecule has 94 valence electrons. The first-order valence-electron chi connectivity index (χ1n) is 5.97. The van der Waals surface area contributed by atoms with Gasteiger partial charge in [-0.15, -0.1) is 10.2 Å². The summed E-state index contributed by atoms with van der Waals surface area (Å²) in [5.74, 6) is 0.655. The Labute approximate surface area is 117 Å². The molecule has 4 rings (SSSR count).